The average Bonchev–Trinajstić information content (AvgIpc) is 2.87. The molecule has 0 saturated carbocycles. The largest absolute Gasteiger partial charge is 0.485 e. The predicted molar refractivity (Wildman–Crippen MR) is 133 cm³/mol. The molecular formula is C28H25ClO6. The normalized spacial score (nSPS) is 14.9. The van der Waals surface area contributed by atoms with Gasteiger partial charge in [-0.25, -0.2) is 4.79 Å². The van der Waals surface area contributed by atoms with Crippen LogP contribution in [0.4, 0.5) is 0 Å². The molecule has 0 bridgehead atoms. The van der Waals surface area contributed by atoms with Gasteiger partial charge in [-0.15, -0.1) is 0 Å². The molecule has 6 nitrogen and oxygen atoms in total. The first-order valence-electron chi connectivity index (χ1n) is 11.2. The van der Waals surface area contributed by atoms with Gasteiger partial charge in [-0.05, 0) is 30.2 Å². The Morgan fingerprint density at radius 2 is 1.60 bits per heavy atom. The zero-order valence-corrected chi connectivity index (χ0v) is 19.9. The maximum atomic E-state index is 12.1. The second kappa shape index (κ2) is 11.6. The van der Waals surface area contributed by atoms with Crippen molar-refractivity contribution in [1.29, 1.82) is 0 Å². The van der Waals surface area contributed by atoms with E-state index in [9.17, 15) is 9.90 Å². The van der Waals surface area contributed by atoms with Gasteiger partial charge in [-0.2, -0.15) is 0 Å². The molecule has 7 heteroatoms. The van der Waals surface area contributed by atoms with Gasteiger partial charge in [-0.1, -0.05) is 72.3 Å². The van der Waals surface area contributed by atoms with Gasteiger partial charge in [0.2, 0.25) is 0 Å². The summed E-state index contributed by atoms with van der Waals surface area (Å²) in [7, 11) is 0. The molecule has 1 aliphatic rings. The second-order valence-electron chi connectivity index (χ2n) is 7.72. The maximum absolute atomic E-state index is 12.1. The Morgan fingerprint density at radius 1 is 0.971 bits per heavy atom. The van der Waals surface area contributed by atoms with Crippen molar-refractivity contribution in [3.05, 3.63) is 112 Å². The minimum Gasteiger partial charge on any atom is -0.485 e. The molecule has 4 rings (SSSR count). The van der Waals surface area contributed by atoms with Crippen LogP contribution in [0.5, 0.6) is 11.5 Å². The number of benzene rings is 3. The van der Waals surface area contributed by atoms with Crippen LogP contribution in [0.25, 0.3) is 5.76 Å². The van der Waals surface area contributed by atoms with Crippen LogP contribution in [-0.2, 0) is 27.5 Å². The molecule has 0 radical (unpaired) electrons. The fourth-order valence-electron chi connectivity index (χ4n) is 3.48. The zero-order chi connectivity index (χ0) is 24.6. The Balaban J connectivity index is 1.66. The Morgan fingerprint density at radius 3 is 2.20 bits per heavy atom. The van der Waals surface area contributed by atoms with Crippen LogP contribution in [0.15, 0.2) is 90.7 Å². The molecule has 180 valence electrons. The summed E-state index contributed by atoms with van der Waals surface area (Å²) in [5.74, 6) is 0.460. The standard InChI is InChI=1S/C28H25ClO6/c1-2-32-28(31)23-18-34-25(15-24(23)30)22-13-21(29)14-26(33-16-19-9-5-3-6-10-19)27(22)35-17-20-11-7-4-8-12-20/h3-15,18,24,30H,2,16-17H2,1H3. The van der Waals surface area contributed by atoms with Crippen molar-refractivity contribution in [3.8, 4) is 11.5 Å². The number of esters is 1. The number of carbonyl (C=O) groups excluding carboxylic acids is 1. The third-order valence-corrected chi connectivity index (χ3v) is 5.42. The first-order chi connectivity index (χ1) is 17.0. The molecule has 3 aromatic rings. The van der Waals surface area contributed by atoms with Gasteiger partial charge >= 0.3 is 5.97 Å². The van der Waals surface area contributed by atoms with E-state index in [4.69, 9.17) is 30.5 Å². The first kappa shape index (κ1) is 24.4. The minimum absolute atomic E-state index is 0.00457. The van der Waals surface area contributed by atoms with Crippen LogP contribution in [0.1, 0.15) is 23.6 Å². The first-order valence-corrected chi connectivity index (χ1v) is 11.5. The van der Waals surface area contributed by atoms with E-state index in [1.54, 1.807) is 19.1 Å². The lowest BCUT2D eigenvalue weighted by Gasteiger charge is -2.22. The number of halogens is 1. The molecule has 0 amide bonds. The number of carbonyl (C=O) groups is 1. The Hall–Kier alpha value is -3.74. The van der Waals surface area contributed by atoms with Gasteiger partial charge in [0.05, 0.1) is 12.2 Å². The molecule has 1 heterocycles. The highest BCUT2D eigenvalue weighted by Gasteiger charge is 2.27. The lowest BCUT2D eigenvalue weighted by atomic mass is 10.0. The lowest BCUT2D eigenvalue weighted by Crippen LogP contribution is -2.22. The molecule has 1 atom stereocenters. The number of hydrogen-bond acceptors (Lipinski definition) is 6. The molecule has 35 heavy (non-hydrogen) atoms. The van der Waals surface area contributed by atoms with E-state index < -0.39 is 12.1 Å². The molecule has 0 aromatic heterocycles. The molecule has 0 aliphatic carbocycles. The van der Waals surface area contributed by atoms with Crippen LogP contribution < -0.4 is 9.47 Å². The van der Waals surface area contributed by atoms with Gasteiger partial charge in [-0.3, -0.25) is 0 Å². The highest BCUT2D eigenvalue weighted by atomic mass is 35.5. The number of aliphatic hydroxyl groups is 1. The maximum Gasteiger partial charge on any atom is 0.340 e. The molecular weight excluding hydrogens is 468 g/mol. The molecule has 1 N–H and O–H groups in total. The van der Waals surface area contributed by atoms with Gasteiger partial charge in [0.15, 0.2) is 11.5 Å². The molecule has 1 unspecified atom stereocenters. The average molecular weight is 493 g/mol. The summed E-state index contributed by atoms with van der Waals surface area (Å²) < 4.78 is 23.0. The summed E-state index contributed by atoms with van der Waals surface area (Å²) in [6.07, 6.45) is 1.38. The summed E-state index contributed by atoms with van der Waals surface area (Å²) in [6, 6.07) is 22.8. The topological polar surface area (TPSA) is 74.2 Å². The van der Waals surface area contributed by atoms with E-state index in [-0.39, 0.29) is 24.5 Å². The Labute approximate surface area is 209 Å². The summed E-state index contributed by atoms with van der Waals surface area (Å²) in [4.78, 5) is 12.1. The Bertz CT molecular complexity index is 1220. The zero-order valence-electron chi connectivity index (χ0n) is 19.1. The molecule has 0 saturated heterocycles. The summed E-state index contributed by atoms with van der Waals surface area (Å²) in [5, 5.41) is 11.0. The third kappa shape index (κ3) is 6.23. The van der Waals surface area contributed by atoms with Crippen molar-refractivity contribution in [2.24, 2.45) is 0 Å². The van der Waals surface area contributed by atoms with Gasteiger partial charge in [0.25, 0.3) is 0 Å². The van der Waals surface area contributed by atoms with Crippen molar-refractivity contribution in [2.75, 3.05) is 6.61 Å². The van der Waals surface area contributed by atoms with E-state index in [2.05, 4.69) is 0 Å². The van der Waals surface area contributed by atoms with E-state index in [0.29, 0.717) is 28.7 Å². The monoisotopic (exact) mass is 492 g/mol. The van der Waals surface area contributed by atoms with Crippen molar-refractivity contribution in [1.82, 2.24) is 0 Å². The van der Waals surface area contributed by atoms with Crippen LogP contribution in [-0.4, -0.2) is 23.8 Å². The van der Waals surface area contributed by atoms with Gasteiger partial charge < -0.3 is 24.1 Å². The summed E-state index contributed by atoms with van der Waals surface area (Å²) in [6.45, 7) is 2.46. The Kier molecular flexibility index (Phi) is 8.08. The molecule has 0 fully saturated rings. The van der Waals surface area contributed by atoms with Crippen molar-refractivity contribution in [2.45, 2.75) is 26.2 Å². The molecule has 3 aromatic carbocycles. The quantitative estimate of drug-likeness (QED) is 0.387. The SMILES string of the molecule is CCOC(=O)C1=COC(c2cc(Cl)cc(OCc3ccccc3)c2OCc2ccccc2)=CC1O. The lowest BCUT2D eigenvalue weighted by molar-refractivity contribution is -0.139. The summed E-state index contributed by atoms with van der Waals surface area (Å²) in [5.41, 5.74) is 2.43. The van der Waals surface area contributed by atoms with Gasteiger partial charge in [0, 0.05) is 11.1 Å². The number of hydrogen-bond donors (Lipinski definition) is 1. The van der Waals surface area contributed by atoms with E-state index in [1.165, 1.54) is 12.3 Å². The minimum atomic E-state index is -1.22. The van der Waals surface area contributed by atoms with E-state index >= 15 is 0 Å². The van der Waals surface area contributed by atoms with Crippen LogP contribution in [0.3, 0.4) is 0 Å². The van der Waals surface area contributed by atoms with E-state index in [1.807, 2.05) is 60.7 Å². The fraction of sp³-hybridized carbons (Fsp3) is 0.179. The molecule has 1 aliphatic heterocycles. The van der Waals surface area contributed by atoms with Crippen molar-refractivity contribution < 1.29 is 28.8 Å². The number of ether oxygens (including phenoxy) is 4. The highest BCUT2D eigenvalue weighted by Crippen LogP contribution is 2.41. The van der Waals surface area contributed by atoms with Crippen LogP contribution in [0, 0.1) is 0 Å². The smallest absolute Gasteiger partial charge is 0.340 e. The predicted octanol–water partition coefficient (Wildman–Crippen LogP) is 5.68. The summed E-state index contributed by atoms with van der Waals surface area (Å²) >= 11 is 6.43. The highest BCUT2D eigenvalue weighted by molar-refractivity contribution is 6.31. The van der Waals surface area contributed by atoms with E-state index in [0.717, 1.165) is 11.1 Å². The number of aliphatic hydroxyl groups excluding tert-OH is 1. The van der Waals surface area contributed by atoms with Crippen molar-refractivity contribution >= 4 is 23.3 Å². The van der Waals surface area contributed by atoms with Gasteiger partial charge in [0.1, 0.15) is 36.9 Å². The fourth-order valence-corrected chi connectivity index (χ4v) is 3.69. The van der Waals surface area contributed by atoms with Crippen molar-refractivity contribution in [3.63, 3.8) is 0 Å². The van der Waals surface area contributed by atoms with Crippen LogP contribution in [0.2, 0.25) is 5.02 Å². The third-order valence-electron chi connectivity index (χ3n) is 5.20. The number of rotatable bonds is 9. The van der Waals surface area contributed by atoms with Crippen LogP contribution >= 0.6 is 11.6 Å². The molecule has 0 spiro atoms. The second-order valence-corrected chi connectivity index (χ2v) is 8.15.